The van der Waals surface area contributed by atoms with Crippen LogP contribution in [0.25, 0.3) is 0 Å². The minimum absolute atomic E-state index is 0.0760. The number of methoxy groups -OCH3 is 2. The van der Waals surface area contributed by atoms with Crippen molar-refractivity contribution in [2.75, 3.05) is 20.8 Å². The molecule has 0 saturated carbocycles. The Balaban J connectivity index is 3.14. The van der Waals surface area contributed by atoms with Crippen LogP contribution in [0.3, 0.4) is 0 Å². The summed E-state index contributed by atoms with van der Waals surface area (Å²) in [5.74, 6) is -5.96. The highest BCUT2D eigenvalue weighted by atomic mass is 16.5. The molecule has 0 saturated heterocycles. The number of aliphatic carboxylic acids is 1. The Morgan fingerprint density at radius 1 is 1.08 bits per heavy atom. The van der Waals surface area contributed by atoms with E-state index in [9.17, 15) is 19.2 Å². The lowest BCUT2D eigenvalue weighted by Gasteiger charge is -2.27. The van der Waals surface area contributed by atoms with Gasteiger partial charge < -0.3 is 25.2 Å². The lowest BCUT2D eigenvalue weighted by atomic mass is 9.98. The van der Waals surface area contributed by atoms with Gasteiger partial charge in [0.2, 0.25) is 5.91 Å². The Morgan fingerprint density at radius 2 is 1.64 bits per heavy atom. The van der Waals surface area contributed by atoms with Crippen molar-refractivity contribution in [1.29, 1.82) is 0 Å². The van der Waals surface area contributed by atoms with Crippen LogP contribution in [0.15, 0.2) is 30.3 Å². The molecule has 0 aliphatic heterocycles. The third-order valence-electron chi connectivity index (χ3n) is 3.41. The molecule has 3 N–H and O–H groups in total. The second kappa shape index (κ2) is 9.38. The molecule has 0 aromatic heterocycles. The lowest BCUT2D eigenvalue weighted by Crippen LogP contribution is -2.52. The van der Waals surface area contributed by atoms with Crippen LogP contribution >= 0.6 is 0 Å². The first-order valence-corrected chi connectivity index (χ1v) is 7.27. The lowest BCUT2D eigenvalue weighted by molar-refractivity contribution is -0.162. The first kappa shape index (κ1) is 20.1. The maximum absolute atomic E-state index is 12.7. The fourth-order valence-electron chi connectivity index (χ4n) is 2.18. The van der Waals surface area contributed by atoms with Crippen molar-refractivity contribution in [2.24, 2.45) is 11.7 Å². The minimum atomic E-state index is -1.71. The monoisotopic (exact) mass is 352 g/mol. The largest absolute Gasteiger partial charge is 0.480 e. The zero-order chi connectivity index (χ0) is 19.0. The molecule has 1 amide bonds. The summed E-state index contributed by atoms with van der Waals surface area (Å²) in [5.41, 5.74) is 6.29. The zero-order valence-electron chi connectivity index (χ0n) is 13.9. The Hall–Kier alpha value is -2.94. The Morgan fingerprint density at radius 3 is 2.12 bits per heavy atom. The van der Waals surface area contributed by atoms with Crippen LogP contribution in [-0.4, -0.2) is 60.6 Å². The first-order chi connectivity index (χ1) is 11.8. The van der Waals surface area contributed by atoms with Gasteiger partial charge >= 0.3 is 17.9 Å². The van der Waals surface area contributed by atoms with E-state index in [4.69, 9.17) is 10.8 Å². The molecule has 0 bridgehead atoms. The number of esters is 2. The van der Waals surface area contributed by atoms with Crippen LogP contribution in [0, 0.1) is 5.92 Å². The number of carbonyl (C=O) groups is 4. The van der Waals surface area contributed by atoms with Gasteiger partial charge in [-0.3, -0.25) is 19.2 Å². The molecular weight excluding hydrogens is 332 g/mol. The van der Waals surface area contributed by atoms with Gasteiger partial charge in [0.15, 0.2) is 5.92 Å². The number of hydrogen-bond donors (Lipinski definition) is 2. The summed E-state index contributed by atoms with van der Waals surface area (Å²) in [4.78, 5) is 48.3. The van der Waals surface area contributed by atoms with E-state index in [1.165, 1.54) is 0 Å². The molecule has 9 nitrogen and oxygen atoms in total. The summed E-state index contributed by atoms with van der Waals surface area (Å²) in [5, 5.41) is 9.05. The number of amides is 1. The van der Waals surface area contributed by atoms with Gasteiger partial charge in [0.25, 0.3) is 0 Å². The molecule has 0 aliphatic rings. The molecule has 1 aromatic carbocycles. The first-order valence-electron chi connectivity index (χ1n) is 7.27. The third-order valence-corrected chi connectivity index (χ3v) is 3.41. The van der Waals surface area contributed by atoms with E-state index in [0.717, 1.165) is 19.1 Å². The highest BCUT2D eigenvalue weighted by Crippen LogP contribution is 2.14. The van der Waals surface area contributed by atoms with Gasteiger partial charge in [0.1, 0.15) is 12.6 Å². The Kier molecular flexibility index (Phi) is 7.54. The standard InChI is InChI=1S/C16H20N2O7/c1-24-15(22)12(13(17)16(23)25-2)14(21)18(9-11(19)20)8-10-6-4-3-5-7-10/h3-7,12-13H,8-9,17H2,1-2H3,(H,19,20). The summed E-state index contributed by atoms with van der Waals surface area (Å²) in [6.07, 6.45) is 0. The quantitative estimate of drug-likeness (QED) is 0.467. The smallest absolute Gasteiger partial charge is 0.324 e. The summed E-state index contributed by atoms with van der Waals surface area (Å²) in [7, 11) is 2.09. The van der Waals surface area contributed by atoms with Crippen LogP contribution in [-0.2, 0) is 35.2 Å². The second-order valence-corrected chi connectivity index (χ2v) is 5.12. The molecule has 1 aromatic rings. The predicted octanol–water partition coefficient (Wildman–Crippen LogP) is -0.611. The fourth-order valence-corrected chi connectivity index (χ4v) is 2.18. The summed E-state index contributed by atoms with van der Waals surface area (Å²) >= 11 is 0. The van der Waals surface area contributed by atoms with Crippen molar-refractivity contribution < 1.29 is 33.8 Å². The van der Waals surface area contributed by atoms with Crippen LogP contribution < -0.4 is 5.73 Å². The Labute approximate surface area is 144 Å². The van der Waals surface area contributed by atoms with Gasteiger partial charge in [-0.05, 0) is 5.56 Å². The van der Waals surface area contributed by atoms with E-state index in [2.05, 4.69) is 9.47 Å². The molecule has 1 rings (SSSR count). The number of ether oxygens (including phenoxy) is 2. The normalized spacial score (nSPS) is 12.6. The van der Waals surface area contributed by atoms with Crippen molar-refractivity contribution in [3.05, 3.63) is 35.9 Å². The van der Waals surface area contributed by atoms with Gasteiger partial charge in [0, 0.05) is 6.54 Å². The number of carboxylic acid groups (broad SMARTS) is 1. The molecule has 0 fully saturated rings. The maximum atomic E-state index is 12.7. The van der Waals surface area contributed by atoms with Gasteiger partial charge in [-0.15, -0.1) is 0 Å². The molecule has 0 aliphatic carbocycles. The van der Waals surface area contributed by atoms with Crippen LogP contribution in [0.4, 0.5) is 0 Å². The number of carboxylic acids is 1. The molecule has 0 heterocycles. The van der Waals surface area contributed by atoms with Crippen LogP contribution in [0.1, 0.15) is 5.56 Å². The number of carbonyl (C=O) groups excluding carboxylic acids is 3. The van der Waals surface area contributed by atoms with Gasteiger partial charge in [-0.25, -0.2) is 0 Å². The molecule has 0 radical (unpaired) electrons. The van der Waals surface area contributed by atoms with Gasteiger partial charge in [0.05, 0.1) is 14.2 Å². The van der Waals surface area contributed by atoms with Gasteiger partial charge in [-0.1, -0.05) is 30.3 Å². The van der Waals surface area contributed by atoms with Crippen molar-refractivity contribution >= 4 is 23.8 Å². The van der Waals surface area contributed by atoms with E-state index < -0.39 is 42.3 Å². The third kappa shape index (κ3) is 5.57. The topological polar surface area (TPSA) is 136 Å². The predicted molar refractivity (Wildman–Crippen MR) is 85.0 cm³/mol. The average molecular weight is 352 g/mol. The van der Waals surface area contributed by atoms with Crippen LogP contribution in [0.2, 0.25) is 0 Å². The minimum Gasteiger partial charge on any atom is -0.480 e. The average Bonchev–Trinajstić information content (AvgIpc) is 2.60. The number of nitrogens with zero attached hydrogens (tertiary/aromatic N) is 1. The number of hydrogen-bond acceptors (Lipinski definition) is 7. The highest BCUT2D eigenvalue weighted by Gasteiger charge is 2.41. The number of rotatable bonds is 8. The zero-order valence-corrected chi connectivity index (χ0v) is 13.9. The Bertz CT molecular complexity index is 633. The summed E-state index contributed by atoms with van der Waals surface area (Å²) < 4.78 is 8.99. The molecule has 136 valence electrons. The van der Waals surface area contributed by atoms with Crippen molar-refractivity contribution in [3.63, 3.8) is 0 Å². The molecule has 2 atom stereocenters. The second-order valence-electron chi connectivity index (χ2n) is 5.12. The number of benzene rings is 1. The van der Waals surface area contributed by atoms with Crippen molar-refractivity contribution in [1.82, 2.24) is 4.90 Å². The van der Waals surface area contributed by atoms with Crippen molar-refractivity contribution in [2.45, 2.75) is 12.6 Å². The van der Waals surface area contributed by atoms with E-state index in [0.29, 0.717) is 5.56 Å². The fraction of sp³-hybridized carbons (Fsp3) is 0.375. The SMILES string of the molecule is COC(=O)C(N)C(C(=O)OC)C(=O)N(CC(=O)O)Cc1ccccc1. The maximum Gasteiger partial charge on any atom is 0.324 e. The van der Waals surface area contributed by atoms with Crippen molar-refractivity contribution in [3.8, 4) is 0 Å². The molecule has 0 spiro atoms. The van der Waals surface area contributed by atoms with E-state index >= 15 is 0 Å². The molecule has 25 heavy (non-hydrogen) atoms. The molecule has 9 heteroatoms. The number of nitrogens with two attached hydrogens (primary N) is 1. The molecular formula is C16H20N2O7. The molecule has 2 unspecified atom stereocenters. The highest BCUT2D eigenvalue weighted by molar-refractivity contribution is 6.03. The summed E-state index contributed by atoms with van der Waals surface area (Å²) in [6.45, 7) is -0.748. The van der Waals surface area contributed by atoms with Gasteiger partial charge in [-0.2, -0.15) is 0 Å². The van der Waals surface area contributed by atoms with E-state index in [-0.39, 0.29) is 6.54 Å². The van der Waals surface area contributed by atoms with Crippen LogP contribution in [0.5, 0.6) is 0 Å². The van der Waals surface area contributed by atoms with E-state index in [1.807, 2.05) is 0 Å². The van der Waals surface area contributed by atoms with E-state index in [1.54, 1.807) is 30.3 Å². The summed E-state index contributed by atoms with van der Waals surface area (Å²) in [6, 6.07) is 6.97.